The second kappa shape index (κ2) is 10.1. The lowest BCUT2D eigenvalue weighted by Gasteiger charge is -2.43. The third kappa shape index (κ3) is 5.12. The third-order valence-electron chi connectivity index (χ3n) is 8.08. The molecule has 0 bridgehead atoms. The molecule has 3 nitrogen and oxygen atoms in total. The van der Waals surface area contributed by atoms with Gasteiger partial charge in [0, 0.05) is 12.1 Å². The molecule has 1 N–H and O–H groups in total. The number of rotatable bonds is 7. The van der Waals surface area contributed by atoms with Crippen molar-refractivity contribution in [1.82, 2.24) is 4.90 Å². The van der Waals surface area contributed by atoms with Crippen molar-refractivity contribution in [2.45, 2.75) is 88.2 Å². The van der Waals surface area contributed by atoms with E-state index in [1.54, 1.807) is 0 Å². The zero-order valence-corrected chi connectivity index (χ0v) is 21.7. The summed E-state index contributed by atoms with van der Waals surface area (Å²) in [5.41, 5.74) is 0.663. The molecule has 1 amide bonds. The van der Waals surface area contributed by atoms with Crippen LogP contribution in [0.4, 0.5) is 0 Å². The van der Waals surface area contributed by atoms with Gasteiger partial charge in [-0.15, -0.1) is 0 Å². The molecule has 2 fully saturated rings. The molecule has 4 heteroatoms. The largest absolute Gasteiger partial charge is 0.378 e. The summed E-state index contributed by atoms with van der Waals surface area (Å²) in [5.74, 6) is 0.982. The molecule has 2 aromatic rings. The van der Waals surface area contributed by atoms with Crippen LogP contribution in [0.25, 0.3) is 0 Å². The molecule has 1 aliphatic heterocycles. The molecule has 1 saturated heterocycles. The average Bonchev–Trinajstić information content (AvgIpc) is 3.33. The van der Waals surface area contributed by atoms with Crippen LogP contribution < -0.4 is 0 Å². The number of benzene rings is 2. The van der Waals surface area contributed by atoms with Gasteiger partial charge >= 0.3 is 0 Å². The summed E-state index contributed by atoms with van der Waals surface area (Å²) in [4.78, 5) is 16.3. The first-order valence-corrected chi connectivity index (χ1v) is 16.5. The van der Waals surface area contributed by atoms with Crippen LogP contribution in [0.1, 0.15) is 62.5 Å². The van der Waals surface area contributed by atoms with Gasteiger partial charge < -0.3 is 10.0 Å². The Balaban J connectivity index is 1.68. The molecular weight excluding hydrogens is 422 g/mol. The van der Waals surface area contributed by atoms with Crippen LogP contribution >= 0.6 is 0 Å². The van der Waals surface area contributed by atoms with Gasteiger partial charge in [-0.3, -0.25) is 4.79 Å². The van der Waals surface area contributed by atoms with Crippen molar-refractivity contribution < 1.29 is 9.90 Å². The first-order valence-electron chi connectivity index (χ1n) is 13.0. The number of carbonyl (C=O) groups excluding carboxylic acids is 1. The quantitative estimate of drug-likeness (QED) is 0.470. The smallest absolute Gasteiger partial charge is 0.223 e. The average molecular weight is 464 g/mol. The summed E-state index contributed by atoms with van der Waals surface area (Å²) >= 11 is 0. The minimum Gasteiger partial charge on any atom is -0.378 e. The molecule has 4 rings (SSSR count). The van der Waals surface area contributed by atoms with Gasteiger partial charge in [-0.1, -0.05) is 112 Å². The van der Waals surface area contributed by atoms with Gasteiger partial charge in [-0.25, -0.2) is 0 Å². The van der Waals surface area contributed by atoms with Gasteiger partial charge in [0.05, 0.1) is 14.1 Å². The van der Waals surface area contributed by atoms with Crippen LogP contribution in [0, 0.1) is 5.92 Å². The highest BCUT2D eigenvalue weighted by atomic mass is 28.3. The summed E-state index contributed by atoms with van der Waals surface area (Å²) in [6.45, 7) is 7.80. The molecule has 2 aromatic carbocycles. The summed E-state index contributed by atoms with van der Waals surface area (Å²) in [5, 5.41) is 12.4. The van der Waals surface area contributed by atoms with Crippen molar-refractivity contribution in [1.29, 1.82) is 0 Å². The second-order valence-corrected chi connectivity index (χ2v) is 16.8. The normalized spacial score (nSPS) is 21.2. The molecule has 178 valence electrons. The SMILES string of the molecule is C[Si](C)(C)[C@@H](CC1CCCCC1)C(=O)N1CCC[C@H]1C(O)(c1ccccc1)c1ccccc1. The van der Waals surface area contributed by atoms with E-state index in [-0.39, 0.29) is 11.6 Å². The van der Waals surface area contributed by atoms with Crippen LogP contribution in [0.2, 0.25) is 25.2 Å². The Kier molecular flexibility index (Phi) is 7.45. The minimum absolute atomic E-state index is 0.122. The van der Waals surface area contributed by atoms with E-state index < -0.39 is 13.7 Å². The zero-order valence-electron chi connectivity index (χ0n) is 20.7. The van der Waals surface area contributed by atoms with Gasteiger partial charge in [0.25, 0.3) is 0 Å². The Bertz CT molecular complexity index is 863. The molecule has 1 saturated carbocycles. The van der Waals surface area contributed by atoms with Crippen molar-refractivity contribution in [3.63, 3.8) is 0 Å². The molecule has 33 heavy (non-hydrogen) atoms. The Morgan fingerprint density at radius 3 is 1.97 bits per heavy atom. The molecule has 2 aliphatic rings. The lowest BCUT2D eigenvalue weighted by atomic mass is 9.79. The predicted molar refractivity (Wildman–Crippen MR) is 139 cm³/mol. The number of aliphatic hydroxyl groups is 1. The Hall–Kier alpha value is -1.91. The van der Waals surface area contributed by atoms with E-state index in [1.807, 2.05) is 60.7 Å². The van der Waals surface area contributed by atoms with E-state index in [0.717, 1.165) is 36.9 Å². The summed E-state index contributed by atoms with van der Waals surface area (Å²) in [6, 6.07) is 19.7. The number of carbonyl (C=O) groups is 1. The van der Waals surface area contributed by atoms with Crippen molar-refractivity contribution in [2.24, 2.45) is 5.92 Å². The first kappa shape index (κ1) is 24.2. The number of hydrogen-bond acceptors (Lipinski definition) is 2. The summed E-state index contributed by atoms with van der Waals surface area (Å²) in [7, 11) is -1.72. The number of nitrogens with zero attached hydrogens (tertiary/aromatic N) is 1. The Morgan fingerprint density at radius 1 is 0.909 bits per heavy atom. The van der Waals surface area contributed by atoms with Crippen LogP contribution in [0.15, 0.2) is 60.7 Å². The van der Waals surface area contributed by atoms with E-state index >= 15 is 0 Å². The van der Waals surface area contributed by atoms with E-state index in [0.29, 0.717) is 11.8 Å². The fourth-order valence-electron chi connectivity index (χ4n) is 6.18. The fraction of sp³-hybridized carbons (Fsp3) is 0.552. The first-order chi connectivity index (χ1) is 15.8. The maximum absolute atomic E-state index is 14.2. The van der Waals surface area contributed by atoms with Crippen molar-refractivity contribution in [2.75, 3.05) is 6.54 Å². The predicted octanol–water partition coefficient (Wildman–Crippen LogP) is 6.59. The molecule has 0 radical (unpaired) electrons. The highest BCUT2D eigenvalue weighted by Gasteiger charge is 2.49. The molecule has 0 aromatic heterocycles. The maximum atomic E-state index is 14.2. The van der Waals surface area contributed by atoms with E-state index in [9.17, 15) is 9.90 Å². The van der Waals surface area contributed by atoms with Crippen LogP contribution in [0.5, 0.6) is 0 Å². The van der Waals surface area contributed by atoms with Crippen LogP contribution in [0.3, 0.4) is 0 Å². The molecule has 0 unspecified atom stereocenters. The standard InChI is InChI=1S/C29H41NO2Si/c1-33(2,3)26(22-23-14-7-4-8-15-23)28(31)30-21-13-20-27(30)29(32,24-16-9-5-10-17-24)25-18-11-6-12-19-25/h5-6,9-12,16-19,23,26-27,32H,4,7-8,13-15,20-22H2,1-3H3/t26-,27-/m0/s1. The molecule has 0 spiro atoms. The van der Waals surface area contributed by atoms with Crippen molar-refractivity contribution in [3.05, 3.63) is 71.8 Å². The third-order valence-corrected chi connectivity index (χ3v) is 10.7. The second-order valence-electron chi connectivity index (χ2n) is 11.3. The zero-order chi connectivity index (χ0) is 23.5. The molecule has 1 aliphatic carbocycles. The van der Waals surface area contributed by atoms with Crippen LogP contribution in [-0.2, 0) is 10.4 Å². The molecular formula is C29H41NO2Si. The lowest BCUT2D eigenvalue weighted by Crippen LogP contribution is -2.53. The van der Waals surface area contributed by atoms with E-state index in [4.69, 9.17) is 0 Å². The van der Waals surface area contributed by atoms with E-state index in [1.165, 1.54) is 32.1 Å². The highest BCUT2D eigenvalue weighted by molar-refractivity contribution is 6.80. The lowest BCUT2D eigenvalue weighted by molar-refractivity contribution is -0.137. The Morgan fingerprint density at radius 2 is 1.45 bits per heavy atom. The molecule has 1 heterocycles. The van der Waals surface area contributed by atoms with E-state index in [2.05, 4.69) is 24.5 Å². The van der Waals surface area contributed by atoms with Crippen molar-refractivity contribution >= 4 is 14.0 Å². The number of amides is 1. The van der Waals surface area contributed by atoms with Crippen molar-refractivity contribution in [3.8, 4) is 0 Å². The summed E-state index contributed by atoms with van der Waals surface area (Å²) in [6.07, 6.45) is 9.32. The van der Waals surface area contributed by atoms with Gasteiger partial charge in [0.1, 0.15) is 5.60 Å². The fourth-order valence-corrected chi connectivity index (χ4v) is 8.13. The van der Waals surface area contributed by atoms with Crippen LogP contribution in [-0.4, -0.2) is 36.6 Å². The number of hydrogen-bond donors (Lipinski definition) is 1. The minimum atomic E-state index is -1.72. The number of likely N-dealkylation sites (tertiary alicyclic amines) is 1. The summed E-state index contributed by atoms with van der Waals surface area (Å²) < 4.78 is 0. The monoisotopic (exact) mass is 463 g/mol. The Labute approximate surface area is 201 Å². The molecule has 2 atom stereocenters. The van der Waals surface area contributed by atoms with Gasteiger partial charge in [-0.2, -0.15) is 0 Å². The maximum Gasteiger partial charge on any atom is 0.223 e. The van der Waals surface area contributed by atoms with Gasteiger partial charge in [0.15, 0.2) is 0 Å². The van der Waals surface area contributed by atoms with Gasteiger partial charge in [-0.05, 0) is 36.3 Å². The van der Waals surface area contributed by atoms with Gasteiger partial charge in [0.2, 0.25) is 5.91 Å². The topological polar surface area (TPSA) is 40.5 Å². The highest BCUT2D eigenvalue weighted by Crippen LogP contribution is 2.43.